The molecule has 0 bridgehead atoms. The summed E-state index contributed by atoms with van der Waals surface area (Å²) in [7, 11) is -1.16. The summed E-state index contributed by atoms with van der Waals surface area (Å²) in [5, 5.41) is 9.88. The lowest BCUT2D eigenvalue weighted by Gasteiger charge is -2.29. The zero-order valence-corrected chi connectivity index (χ0v) is 9.15. The number of hydrogen-bond acceptors (Lipinski definition) is 1. The van der Waals surface area contributed by atoms with Crippen LogP contribution in [0.2, 0.25) is 25.7 Å². The Labute approximate surface area is 71.1 Å². The Kier molecular flexibility index (Phi) is 3.52. The maximum Gasteiger partial charge on any atom is 0.0799 e. The predicted octanol–water partition coefficient (Wildman–Crippen LogP) is 2.65. The first kappa shape index (κ1) is 10.9. The summed E-state index contributed by atoms with van der Waals surface area (Å²) in [6.07, 6.45) is 2.46. The Morgan fingerprint density at radius 1 is 1.45 bits per heavy atom. The molecule has 2 heteroatoms. The summed E-state index contributed by atoms with van der Waals surface area (Å²) in [5.74, 6) is 0. The molecule has 0 radical (unpaired) electrons. The Morgan fingerprint density at radius 2 is 1.91 bits per heavy atom. The van der Waals surface area contributed by atoms with Gasteiger partial charge in [0.2, 0.25) is 0 Å². The lowest BCUT2D eigenvalue weighted by atomic mass is 10.0. The third kappa shape index (κ3) is 4.38. The van der Waals surface area contributed by atoms with Crippen LogP contribution in [-0.2, 0) is 0 Å². The van der Waals surface area contributed by atoms with Crippen molar-refractivity contribution in [2.45, 2.75) is 44.6 Å². The number of aliphatic hydroxyl groups is 1. The highest BCUT2D eigenvalue weighted by molar-refractivity contribution is 6.76. The van der Waals surface area contributed by atoms with Crippen LogP contribution in [0.4, 0.5) is 0 Å². The molecule has 66 valence electrons. The van der Waals surface area contributed by atoms with Crippen LogP contribution in [0, 0.1) is 0 Å². The lowest BCUT2D eigenvalue weighted by Crippen LogP contribution is -2.35. The Balaban J connectivity index is 4.19. The molecule has 11 heavy (non-hydrogen) atoms. The molecule has 0 spiro atoms. The lowest BCUT2D eigenvalue weighted by molar-refractivity contribution is 0.106. The molecular formula is C9H20OSi. The fourth-order valence-electron chi connectivity index (χ4n) is 1.26. The zero-order chi connectivity index (χ0) is 9.12. The van der Waals surface area contributed by atoms with E-state index in [-0.39, 0.29) is 0 Å². The summed E-state index contributed by atoms with van der Waals surface area (Å²) in [4.78, 5) is 0. The van der Waals surface area contributed by atoms with Gasteiger partial charge in [0.15, 0.2) is 0 Å². The van der Waals surface area contributed by atoms with Gasteiger partial charge in [-0.1, -0.05) is 32.6 Å². The molecule has 0 aromatic rings. The summed E-state index contributed by atoms with van der Waals surface area (Å²) < 4.78 is 0. The van der Waals surface area contributed by atoms with Crippen molar-refractivity contribution in [3.63, 3.8) is 0 Å². The second-order valence-corrected chi connectivity index (χ2v) is 9.87. The highest BCUT2D eigenvalue weighted by Gasteiger charge is 2.28. The molecule has 0 aromatic carbocycles. The van der Waals surface area contributed by atoms with Crippen LogP contribution in [0.3, 0.4) is 0 Å². The summed E-state index contributed by atoms with van der Waals surface area (Å²) in [6.45, 7) is 12.4. The van der Waals surface area contributed by atoms with E-state index in [1.807, 2.05) is 6.92 Å². The molecule has 0 heterocycles. The summed E-state index contributed by atoms with van der Waals surface area (Å²) in [6, 6.07) is 0.917. The van der Waals surface area contributed by atoms with E-state index >= 15 is 0 Å². The first-order chi connectivity index (χ1) is 4.83. The van der Waals surface area contributed by atoms with Gasteiger partial charge in [0.25, 0.3) is 0 Å². The molecule has 0 fully saturated rings. The van der Waals surface area contributed by atoms with Crippen molar-refractivity contribution in [3.8, 4) is 0 Å². The van der Waals surface area contributed by atoms with Gasteiger partial charge in [0.05, 0.1) is 5.60 Å². The average molecular weight is 172 g/mol. The minimum atomic E-state index is -1.16. The molecule has 0 rings (SSSR count). The third-order valence-electron chi connectivity index (χ3n) is 1.83. The summed E-state index contributed by atoms with van der Waals surface area (Å²) >= 11 is 0. The van der Waals surface area contributed by atoms with Crippen LogP contribution in [0.5, 0.6) is 0 Å². The van der Waals surface area contributed by atoms with Crippen LogP contribution in [0.1, 0.15) is 13.3 Å². The fourth-order valence-corrected chi connectivity index (χ4v) is 3.49. The summed E-state index contributed by atoms with van der Waals surface area (Å²) in [5.41, 5.74) is -0.607. The van der Waals surface area contributed by atoms with E-state index in [0.717, 1.165) is 12.5 Å². The van der Waals surface area contributed by atoms with Gasteiger partial charge < -0.3 is 5.11 Å². The monoisotopic (exact) mass is 172 g/mol. The molecule has 1 N–H and O–H groups in total. The standard InChI is InChI=1S/C9H20OSi/c1-6-9(10,7-2)8-11(3,4)5/h6,10H,1,7-8H2,2-5H3/t9-/m1/s1. The zero-order valence-electron chi connectivity index (χ0n) is 8.15. The normalized spacial score (nSPS) is 17.5. The molecule has 0 aliphatic rings. The van der Waals surface area contributed by atoms with Gasteiger partial charge in [-0.25, -0.2) is 0 Å². The van der Waals surface area contributed by atoms with E-state index in [4.69, 9.17) is 0 Å². The minimum Gasteiger partial charge on any atom is -0.386 e. The Bertz CT molecular complexity index is 137. The van der Waals surface area contributed by atoms with Crippen molar-refractivity contribution in [3.05, 3.63) is 12.7 Å². The molecule has 0 aliphatic heterocycles. The van der Waals surface area contributed by atoms with Gasteiger partial charge in [-0.15, -0.1) is 6.58 Å². The molecule has 0 amide bonds. The maximum absolute atomic E-state index is 9.88. The SMILES string of the molecule is C=C[C@@](O)(CC)C[Si](C)(C)C. The molecule has 0 unspecified atom stereocenters. The van der Waals surface area contributed by atoms with Gasteiger partial charge in [-0.2, -0.15) is 0 Å². The molecule has 0 aromatic heterocycles. The number of rotatable bonds is 4. The van der Waals surface area contributed by atoms with Gasteiger partial charge >= 0.3 is 0 Å². The van der Waals surface area contributed by atoms with E-state index in [1.54, 1.807) is 6.08 Å². The van der Waals surface area contributed by atoms with Gasteiger partial charge in [0, 0.05) is 8.07 Å². The quantitative estimate of drug-likeness (QED) is 0.510. The first-order valence-electron chi connectivity index (χ1n) is 4.19. The smallest absolute Gasteiger partial charge is 0.0799 e. The van der Waals surface area contributed by atoms with E-state index in [2.05, 4.69) is 26.2 Å². The van der Waals surface area contributed by atoms with E-state index in [0.29, 0.717) is 0 Å². The van der Waals surface area contributed by atoms with Crippen molar-refractivity contribution < 1.29 is 5.11 Å². The van der Waals surface area contributed by atoms with Crippen molar-refractivity contribution in [2.75, 3.05) is 0 Å². The molecule has 0 aliphatic carbocycles. The van der Waals surface area contributed by atoms with Gasteiger partial charge in [0.1, 0.15) is 0 Å². The van der Waals surface area contributed by atoms with Crippen molar-refractivity contribution in [2.24, 2.45) is 0 Å². The van der Waals surface area contributed by atoms with E-state index in [9.17, 15) is 5.11 Å². The minimum absolute atomic E-state index is 0.607. The number of hydrogen-bond donors (Lipinski definition) is 1. The topological polar surface area (TPSA) is 20.2 Å². The van der Waals surface area contributed by atoms with Crippen LogP contribution >= 0.6 is 0 Å². The highest BCUT2D eigenvalue weighted by atomic mass is 28.3. The van der Waals surface area contributed by atoms with Crippen LogP contribution in [-0.4, -0.2) is 18.8 Å². The first-order valence-corrected chi connectivity index (χ1v) is 7.90. The average Bonchev–Trinajstić information content (AvgIpc) is 1.84. The maximum atomic E-state index is 9.88. The third-order valence-corrected chi connectivity index (χ3v) is 3.50. The fraction of sp³-hybridized carbons (Fsp3) is 0.778. The van der Waals surface area contributed by atoms with Gasteiger partial charge in [-0.3, -0.25) is 0 Å². The van der Waals surface area contributed by atoms with Crippen LogP contribution in [0.25, 0.3) is 0 Å². The molecule has 1 nitrogen and oxygen atoms in total. The van der Waals surface area contributed by atoms with E-state index in [1.165, 1.54) is 0 Å². The highest BCUT2D eigenvalue weighted by Crippen LogP contribution is 2.24. The molecular weight excluding hydrogens is 152 g/mol. The molecule has 0 saturated carbocycles. The van der Waals surface area contributed by atoms with Crippen LogP contribution < -0.4 is 0 Å². The van der Waals surface area contributed by atoms with Crippen molar-refractivity contribution in [1.29, 1.82) is 0 Å². The molecule has 0 saturated heterocycles. The Morgan fingerprint density at radius 3 is 2.00 bits per heavy atom. The largest absolute Gasteiger partial charge is 0.386 e. The van der Waals surface area contributed by atoms with Crippen molar-refractivity contribution in [1.82, 2.24) is 0 Å². The second kappa shape index (κ2) is 3.54. The second-order valence-electron chi connectivity index (χ2n) is 4.40. The van der Waals surface area contributed by atoms with E-state index < -0.39 is 13.7 Å². The van der Waals surface area contributed by atoms with Crippen LogP contribution in [0.15, 0.2) is 12.7 Å². The van der Waals surface area contributed by atoms with Gasteiger partial charge in [-0.05, 0) is 12.5 Å². The Hall–Kier alpha value is -0.0831. The predicted molar refractivity (Wildman–Crippen MR) is 53.6 cm³/mol. The van der Waals surface area contributed by atoms with Crippen molar-refractivity contribution >= 4 is 8.07 Å². The molecule has 1 atom stereocenters.